The number of hydrogen-bond donors (Lipinski definition) is 2. The number of rotatable bonds is 6. The highest BCUT2D eigenvalue weighted by Gasteiger charge is 2.19. The van der Waals surface area contributed by atoms with Crippen molar-refractivity contribution in [3.05, 3.63) is 65.2 Å². The van der Waals surface area contributed by atoms with Crippen molar-refractivity contribution in [2.45, 2.75) is 17.0 Å². The van der Waals surface area contributed by atoms with Crippen LogP contribution in [0.3, 0.4) is 0 Å². The van der Waals surface area contributed by atoms with Crippen LogP contribution in [0.1, 0.15) is 5.56 Å². The van der Waals surface area contributed by atoms with Gasteiger partial charge in [0.05, 0.1) is 5.69 Å². The lowest BCUT2D eigenvalue weighted by Crippen LogP contribution is -2.45. The Morgan fingerprint density at radius 3 is 2.53 bits per heavy atom. The van der Waals surface area contributed by atoms with Crippen molar-refractivity contribution >= 4 is 41.1 Å². The summed E-state index contributed by atoms with van der Waals surface area (Å²) in [5.41, 5.74) is 2.91. The van der Waals surface area contributed by atoms with Crippen LogP contribution in [0.4, 0.5) is 17.7 Å². The third-order valence-electron chi connectivity index (χ3n) is 5.63. The molecule has 3 heterocycles. The molecule has 174 valence electrons. The van der Waals surface area contributed by atoms with Gasteiger partial charge in [-0.2, -0.15) is 20.1 Å². The van der Waals surface area contributed by atoms with Crippen molar-refractivity contribution in [3.8, 4) is 11.3 Å². The summed E-state index contributed by atoms with van der Waals surface area (Å²) < 4.78 is 0. The molecule has 2 aromatic carbocycles. The highest BCUT2D eigenvalue weighted by atomic mass is 35.5. The molecule has 0 amide bonds. The molecule has 0 atom stereocenters. The van der Waals surface area contributed by atoms with Gasteiger partial charge < -0.3 is 15.1 Å². The second-order valence-electron chi connectivity index (χ2n) is 8.20. The zero-order valence-corrected chi connectivity index (χ0v) is 20.6. The third kappa shape index (κ3) is 5.32. The summed E-state index contributed by atoms with van der Waals surface area (Å²) in [6, 6.07) is 17.9. The van der Waals surface area contributed by atoms with Crippen LogP contribution in [-0.2, 0) is 0 Å². The van der Waals surface area contributed by atoms with Crippen molar-refractivity contribution in [2.24, 2.45) is 0 Å². The number of likely N-dealkylation sites (N-methyl/N-ethyl adjacent to an activating group) is 1. The maximum absolute atomic E-state index is 6.17. The smallest absolute Gasteiger partial charge is 0.234 e. The highest BCUT2D eigenvalue weighted by Crippen LogP contribution is 2.29. The minimum Gasteiger partial charge on any atom is -0.338 e. The monoisotopic (exact) mass is 492 g/mol. The van der Waals surface area contributed by atoms with Crippen LogP contribution < -0.4 is 10.2 Å². The van der Waals surface area contributed by atoms with E-state index in [1.165, 1.54) is 11.8 Å². The number of aryl methyl sites for hydroxylation is 1. The van der Waals surface area contributed by atoms with Crippen LogP contribution in [0, 0.1) is 6.92 Å². The molecule has 34 heavy (non-hydrogen) atoms. The maximum Gasteiger partial charge on any atom is 0.234 e. The van der Waals surface area contributed by atoms with E-state index in [2.05, 4.69) is 37.3 Å². The molecule has 5 rings (SSSR count). The van der Waals surface area contributed by atoms with E-state index in [0.717, 1.165) is 52.9 Å². The lowest BCUT2D eigenvalue weighted by atomic mass is 10.1. The summed E-state index contributed by atoms with van der Waals surface area (Å²) >= 11 is 7.69. The average Bonchev–Trinajstić information content (AvgIpc) is 3.30. The minimum atomic E-state index is 0.465. The molecule has 1 saturated heterocycles. The molecule has 0 unspecified atom stereocenters. The normalized spacial score (nSPS) is 14.4. The summed E-state index contributed by atoms with van der Waals surface area (Å²) in [7, 11) is 2.13. The fourth-order valence-electron chi connectivity index (χ4n) is 3.65. The van der Waals surface area contributed by atoms with Gasteiger partial charge in [0.15, 0.2) is 11.0 Å². The molecule has 8 nitrogen and oxygen atoms in total. The minimum absolute atomic E-state index is 0.465. The summed E-state index contributed by atoms with van der Waals surface area (Å²) in [5, 5.41) is 12.1. The Bertz CT molecular complexity index is 1270. The van der Waals surface area contributed by atoms with E-state index < -0.39 is 0 Å². The molecule has 2 aromatic heterocycles. The van der Waals surface area contributed by atoms with Gasteiger partial charge in [-0.1, -0.05) is 35.9 Å². The Kier molecular flexibility index (Phi) is 6.66. The van der Waals surface area contributed by atoms with Gasteiger partial charge in [0.25, 0.3) is 0 Å². The van der Waals surface area contributed by atoms with Gasteiger partial charge in [0.1, 0.15) is 0 Å². The highest BCUT2D eigenvalue weighted by molar-refractivity contribution is 7.99. The number of benzene rings is 2. The van der Waals surface area contributed by atoms with Crippen LogP contribution in [-0.4, -0.2) is 63.3 Å². The van der Waals surface area contributed by atoms with Gasteiger partial charge in [0, 0.05) is 42.2 Å². The number of anilines is 3. The van der Waals surface area contributed by atoms with Crippen LogP contribution in [0.2, 0.25) is 5.02 Å². The van der Waals surface area contributed by atoms with Crippen molar-refractivity contribution in [2.75, 3.05) is 43.4 Å². The standard InChI is InChI=1S/C24H25ClN8S/c1-16-14-17(8-9-19(16)25)20-15-21(31-30-20)26-22-27-23(33-12-10-32(2)11-13-33)29-24(28-22)34-18-6-4-3-5-7-18/h3-9,14-15H,10-13H2,1-2H3,(H2,26,27,28,29,30,31). The summed E-state index contributed by atoms with van der Waals surface area (Å²) in [5.74, 6) is 1.77. The first kappa shape index (κ1) is 22.6. The number of aromatic nitrogens is 5. The molecule has 0 spiro atoms. The van der Waals surface area contributed by atoms with Crippen molar-refractivity contribution in [3.63, 3.8) is 0 Å². The van der Waals surface area contributed by atoms with E-state index >= 15 is 0 Å². The van der Waals surface area contributed by atoms with Gasteiger partial charge in [-0.3, -0.25) is 5.10 Å². The Balaban J connectivity index is 1.42. The average molecular weight is 493 g/mol. The third-order valence-corrected chi connectivity index (χ3v) is 6.93. The second-order valence-corrected chi connectivity index (χ2v) is 9.65. The number of halogens is 1. The Hall–Kier alpha value is -3.14. The van der Waals surface area contributed by atoms with E-state index in [9.17, 15) is 0 Å². The van der Waals surface area contributed by atoms with Crippen molar-refractivity contribution in [1.29, 1.82) is 0 Å². The van der Waals surface area contributed by atoms with Gasteiger partial charge >= 0.3 is 0 Å². The summed E-state index contributed by atoms with van der Waals surface area (Å²) in [4.78, 5) is 19.7. The molecule has 10 heteroatoms. The van der Waals surface area contributed by atoms with Crippen LogP contribution in [0.5, 0.6) is 0 Å². The quantitative estimate of drug-likeness (QED) is 0.394. The first-order valence-corrected chi connectivity index (χ1v) is 12.2. The fraction of sp³-hybridized carbons (Fsp3) is 0.250. The molecule has 1 fully saturated rings. The van der Waals surface area contributed by atoms with E-state index in [1.54, 1.807) is 0 Å². The largest absolute Gasteiger partial charge is 0.338 e. The lowest BCUT2D eigenvalue weighted by molar-refractivity contribution is 0.311. The second kappa shape index (κ2) is 10.0. The lowest BCUT2D eigenvalue weighted by Gasteiger charge is -2.32. The Morgan fingerprint density at radius 2 is 1.76 bits per heavy atom. The maximum atomic E-state index is 6.17. The van der Waals surface area contributed by atoms with Gasteiger partial charge in [-0.25, -0.2) is 0 Å². The number of hydrogen-bond acceptors (Lipinski definition) is 8. The molecule has 0 radical (unpaired) electrons. The van der Waals surface area contributed by atoms with Gasteiger partial charge in [-0.05, 0) is 61.1 Å². The molecule has 4 aromatic rings. The van der Waals surface area contributed by atoms with E-state index in [-0.39, 0.29) is 0 Å². The zero-order chi connectivity index (χ0) is 23.5. The molecule has 2 N–H and O–H groups in total. The van der Waals surface area contributed by atoms with E-state index in [4.69, 9.17) is 21.6 Å². The summed E-state index contributed by atoms with van der Waals surface area (Å²) in [6.07, 6.45) is 0. The molecule has 0 bridgehead atoms. The van der Waals surface area contributed by atoms with E-state index in [1.807, 2.05) is 61.5 Å². The zero-order valence-electron chi connectivity index (χ0n) is 19.0. The number of nitrogens with zero attached hydrogens (tertiary/aromatic N) is 6. The van der Waals surface area contributed by atoms with Crippen molar-refractivity contribution < 1.29 is 0 Å². The molecular formula is C24H25ClN8S. The first-order chi connectivity index (χ1) is 16.5. The van der Waals surface area contributed by atoms with E-state index in [0.29, 0.717) is 22.9 Å². The predicted molar refractivity (Wildman–Crippen MR) is 137 cm³/mol. The molecule has 0 saturated carbocycles. The molecule has 0 aliphatic carbocycles. The van der Waals surface area contributed by atoms with Crippen LogP contribution in [0.25, 0.3) is 11.3 Å². The summed E-state index contributed by atoms with van der Waals surface area (Å²) in [6.45, 7) is 5.67. The number of H-pyrrole nitrogens is 1. The molecule has 1 aliphatic heterocycles. The Labute approximate surface area is 207 Å². The van der Waals surface area contributed by atoms with Crippen LogP contribution in [0.15, 0.2) is 64.6 Å². The van der Waals surface area contributed by atoms with Crippen molar-refractivity contribution in [1.82, 2.24) is 30.0 Å². The Morgan fingerprint density at radius 1 is 0.971 bits per heavy atom. The molecular weight excluding hydrogens is 468 g/mol. The van der Waals surface area contributed by atoms with Gasteiger partial charge in [-0.15, -0.1) is 0 Å². The first-order valence-electron chi connectivity index (χ1n) is 11.0. The fourth-order valence-corrected chi connectivity index (χ4v) is 4.53. The van der Waals surface area contributed by atoms with Gasteiger partial charge in [0.2, 0.25) is 11.9 Å². The predicted octanol–water partition coefficient (Wildman–Crippen LogP) is 4.87. The van der Waals surface area contributed by atoms with Crippen LogP contribution >= 0.6 is 23.4 Å². The number of aromatic amines is 1. The number of nitrogens with one attached hydrogen (secondary N) is 2. The molecule has 1 aliphatic rings. The number of piperazine rings is 1. The topological polar surface area (TPSA) is 85.9 Å². The SMILES string of the molecule is Cc1cc(-c2cc(Nc3nc(Sc4ccccc4)nc(N4CCN(C)CC4)n3)n[nH]2)ccc1Cl.